The summed E-state index contributed by atoms with van der Waals surface area (Å²) in [6.07, 6.45) is 4.40. The van der Waals surface area contributed by atoms with Gasteiger partial charge in [0, 0.05) is 18.8 Å². The lowest BCUT2D eigenvalue weighted by Gasteiger charge is -2.33. The number of sulfone groups is 1. The Hall–Kier alpha value is -1.56. The second-order valence-electron chi connectivity index (χ2n) is 5.46. The number of hydrogen-bond donors (Lipinski definition) is 0. The first kappa shape index (κ1) is 15.8. The third-order valence-electron chi connectivity index (χ3n) is 3.74. The van der Waals surface area contributed by atoms with Gasteiger partial charge in [0.1, 0.15) is 5.75 Å². The average molecular weight is 311 g/mol. The Bertz CT molecular complexity index is 595. The van der Waals surface area contributed by atoms with E-state index in [1.807, 2.05) is 4.90 Å². The number of rotatable bonds is 4. The molecule has 1 heterocycles. The molecule has 116 valence electrons. The topological polar surface area (TPSA) is 63.7 Å². The van der Waals surface area contributed by atoms with Gasteiger partial charge in [0.05, 0.1) is 4.90 Å². The Morgan fingerprint density at radius 3 is 2.52 bits per heavy atom. The van der Waals surface area contributed by atoms with E-state index in [1.54, 1.807) is 12.1 Å². The van der Waals surface area contributed by atoms with Crippen LogP contribution in [0, 0.1) is 0 Å². The van der Waals surface area contributed by atoms with Crippen LogP contribution in [0.25, 0.3) is 0 Å². The maximum atomic E-state index is 12.1. The van der Waals surface area contributed by atoms with Gasteiger partial charge in [-0.2, -0.15) is 0 Å². The maximum Gasteiger partial charge on any atom is 0.260 e. The summed E-state index contributed by atoms with van der Waals surface area (Å²) < 4.78 is 28.2. The largest absolute Gasteiger partial charge is 0.484 e. The highest BCUT2D eigenvalue weighted by Gasteiger charge is 2.23. The van der Waals surface area contributed by atoms with Gasteiger partial charge in [-0.15, -0.1) is 0 Å². The molecule has 1 amide bonds. The van der Waals surface area contributed by atoms with Crippen LogP contribution in [0.4, 0.5) is 0 Å². The van der Waals surface area contributed by atoms with Gasteiger partial charge >= 0.3 is 0 Å². The number of ether oxygens (including phenoxy) is 1. The van der Waals surface area contributed by atoms with E-state index >= 15 is 0 Å². The zero-order chi connectivity index (χ0) is 15.5. The third-order valence-corrected chi connectivity index (χ3v) is 4.87. The third kappa shape index (κ3) is 4.20. The van der Waals surface area contributed by atoms with Gasteiger partial charge in [-0.3, -0.25) is 4.79 Å². The van der Waals surface area contributed by atoms with Crippen LogP contribution in [0.3, 0.4) is 0 Å². The molecule has 1 atom stereocenters. The number of nitrogens with zero attached hydrogens (tertiary/aromatic N) is 1. The number of piperidine rings is 1. The average Bonchev–Trinajstić information content (AvgIpc) is 2.45. The van der Waals surface area contributed by atoms with Crippen LogP contribution >= 0.6 is 0 Å². The number of benzene rings is 1. The van der Waals surface area contributed by atoms with E-state index in [4.69, 9.17) is 4.74 Å². The molecule has 0 unspecified atom stereocenters. The summed E-state index contributed by atoms with van der Waals surface area (Å²) in [6, 6.07) is 6.38. The standard InChI is InChI=1S/C15H21NO4S/c1-12-5-3-4-10-16(12)15(17)11-20-13-6-8-14(9-7-13)21(2,18)19/h6-9,12H,3-5,10-11H2,1-2H3/t12-/m1/s1. The summed E-state index contributed by atoms with van der Waals surface area (Å²) in [5, 5.41) is 0. The molecule has 1 fully saturated rings. The molecular weight excluding hydrogens is 290 g/mol. The van der Waals surface area contributed by atoms with Crippen LogP contribution in [0.2, 0.25) is 0 Å². The Morgan fingerprint density at radius 1 is 1.29 bits per heavy atom. The maximum absolute atomic E-state index is 12.1. The van der Waals surface area contributed by atoms with Crippen molar-refractivity contribution in [1.82, 2.24) is 4.90 Å². The van der Waals surface area contributed by atoms with Crippen molar-refractivity contribution >= 4 is 15.7 Å². The molecule has 21 heavy (non-hydrogen) atoms. The van der Waals surface area contributed by atoms with Crippen molar-refractivity contribution in [3.05, 3.63) is 24.3 Å². The van der Waals surface area contributed by atoms with E-state index in [0.29, 0.717) is 5.75 Å². The molecule has 0 saturated carbocycles. The van der Waals surface area contributed by atoms with Gasteiger partial charge in [-0.1, -0.05) is 0 Å². The molecular formula is C15H21NO4S. The van der Waals surface area contributed by atoms with Crippen LogP contribution in [0.1, 0.15) is 26.2 Å². The van der Waals surface area contributed by atoms with E-state index in [2.05, 4.69) is 6.92 Å². The lowest BCUT2D eigenvalue weighted by molar-refractivity contribution is -0.136. The van der Waals surface area contributed by atoms with Gasteiger partial charge < -0.3 is 9.64 Å². The first-order valence-corrected chi connectivity index (χ1v) is 8.99. The van der Waals surface area contributed by atoms with Gasteiger partial charge in [-0.05, 0) is 50.5 Å². The van der Waals surface area contributed by atoms with E-state index < -0.39 is 9.84 Å². The highest BCUT2D eigenvalue weighted by Crippen LogP contribution is 2.18. The molecule has 0 aromatic heterocycles. The van der Waals surface area contributed by atoms with Gasteiger partial charge in [0.25, 0.3) is 5.91 Å². The molecule has 5 nitrogen and oxygen atoms in total. The normalized spacial score (nSPS) is 19.3. The van der Waals surface area contributed by atoms with Crippen LogP contribution in [-0.2, 0) is 14.6 Å². The zero-order valence-corrected chi connectivity index (χ0v) is 13.2. The molecule has 1 aromatic carbocycles. The SMILES string of the molecule is C[C@@H]1CCCCN1C(=O)COc1ccc(S(C)(=O)=O)cc1. The van der Waals surface area contributed by atoms with E-state index in [1.165, 1.54) is 18.6 Å². The number of likely N-dealkylation sites (tertiary alicyclic amines) is 1. The summed E-state index contributed by atoms with van der Waals surface area (Å²) in [4.78, 5) is 14.2. The predicted molar refractivity (Wildman–Crippen MR) is 80.1 cm³/mol. The second kappa shape index (κ2) is 6.47. The molecule has 0 N–H and O–H groups in total. The van der Waals surface area contributed by atoms with E-state index in [0.717, 1.165) is 25.6 Å². The summed E-state index contributed by atoms with van der Waals surface area (Å²) in [6.45, 7) is 2.83. The van der Waals surface area contributed by atoms with Crippen molar-refractivity contribution in [2.75, 3.05) is 19.4 Å². The van der Waals surface area contributed by atoms with Gasteiger partial charge in [0.2, 0.25) is 0 Å². The second-order valence-corrected chi connectivity index (χ2v) is 7.48. The van der Waals surface area contributed by atoms with Crippen molar-refractivity contribution in [2.45, 2.75) is 37.1 Å². The van der Waals surface area contributed by atoms with Crippen molar-refractivity contribution in [3.8, 4) is 5.75 Å². The molecule has 1 aliphatic rings. The Morgan fingerprint density at radius 2 is 1.95 bits per heavy atom. The molecule has 0 spiro atoms. The number of carbonyl (C=O) groups excluding carboxylic acids is 1. The summed E-state index contributed by atoms with van der Waals surface area (Å²) >= 11 is 0. The monoisotopic (exact) mass is 311 g/mol. The minimum Gasteiger partial charge on any atom is -0.484 e. The Balaban J connectivity index is 1.92. The molecule has 6 heteroatoms. The molecule has 1 aliphatic heterocycles. The van der Waals surface area contributed by atoms with Crippen LogP contribution in [0.15, 0.2) is 29.2 Å². The fourth-order valence-electron chi connectivity index (χ4n) is 2.48. The summed E-state index contributed by atoms with van der Waals surface area (Å²) in [7, 11) is -3.21. The van der Waals surface area contributed by atoms with Gasteiger partial charge in [-0.25, -0.2) is 8.42 Å². The molecule has 2 rings (SSSR count). The molecule has 0 bridgehead atoms. The fraction of sp³-hybridized carbons (Fsp3) is 0.533. The van der Waals surface area contributed by atoms with Gasteiger partial charge in [0.15, 0.2) is 16.4 Å². The lowest BCUT2D eigenvalue weighted by Crippen LogP contribution is -2.44. The number of carbonyl (C=O) groups is 1. The van der Waals surface area contributed by atoms with Crippen molar-refractivity contribution in [1.29, 1.82) is 0 Å². The number of hydrogen-bond acceptors (Lipinski definition) is 4. The quantitative estimate of drug-likeness (QED) is 0.851. The summed E-state index contributed by atoms with van der Waals surface area (Å²) in [5.74, 6) is 0.481. The predicted octanol–water partition coefficient (Wildman–Crippen LogP) is 1.87. The minimum atomic E-state index is -3.21. The van der Waals surface area contributed by atoms with Crippen molar-refractivity contribution in [2.24, 2.45) is 0 Å². The number of amides is 1. The summed E-state index contributed by atoms with van der Waals surface area (Å²) in [5.41, 5.74) is 0. The Labute approximate surface area is 125 Å². The van der Waals surface area contributed by atoms with E-state index in [-0.39, 0.29) is 23.5 Å². The zero-order valence-electron chi connectivity index (χ0n) is 12.4. The van der Waals surface area contributed by atoms with Crippen LogP contribution in [0.5, 0.6) is 5.75 Å². The first-order valence-electron chi connectivity index (χ1n) is 7.10. The minimum absolute atomic E-state index is 0.0113. The lowest BCUT2D eigenvalue weighted by atomic mass is 10.0. The van der Waals surface area contributed by atoms with Crippen molar-refractivity contribution in [3.63, 3.8) is 0 Å². The highest BCUT2D eigenvalue weighted by atomic mass is 32.2. The van der Waals surface area contributed by atoms with Crippen LogP contribution < -0.4 is 4.74 Å². The molecule has 0 aliphatic carbocycles. The molecule has 0 radical (unpaired) electrons. The molecule has 1 aromatic rings. The Kier molecular flexibility index (Phi) is 4.88. The van der Waals surface area contributed by atoms with E-state index in [9.17, 15) is 13.2 Å². The molecule has 1 saturated heterocycles. The highest BCUT2D eigenvalue weighted by molar-refractivity contribution is 7.90. The first-order chi connectivity index (χ1) is 9.88. The smallest absolute Gasteiger partial charge is 0.260 e. The van der Waals surface area contributed by atoms with Crippen molar-refractivity contribution < 1.29 is 17.9 Å². The van der Waals surface area contributed by atoms with Crippen LogP contribution in [-0.4, -0.2) is 44.7 Å². The fourth-order valence-corrected chi connectivity index (χ4v) is 3.11.